The van der Waals surface area contributed by atoms with Crippen molar-refractivity contribution in [1.29, 1.82) is 0 Å². The van der Waals surface area contributed by atoms with E-state index in [2.05, 4.69) is 5.32 Å². The Labute approximate surface area is 125 Å². The van der Waals surface area contributed by atoms with Crippen LogP contribution in [-0.4, -0.2) is 55.1 Å². The second-order valence-corrected chi connectivity index (χ2v) is 7.65. The monoisotopic (exact) mass is 320 g/mol. The summed E-state index contributed by atoms with van der Waals surface area (Å²) < 4.78 is 24.4. The Morgan fingerprint density at radius 1 is 1.43 bits per heavy atom. The normalized spacial score (nSPS) is 23.3. The van der Waals surface area contributed by atoms with Gasteiger partial charge in [-0.25, -0.2) is 17.5 Å². The average Bonchev–Trinajstić information content (AvgIpc) is 2.42. The second-order valence-electron chi connectivity index (χ2n) is 5.67. The van der Waals surface area contributed by atoms with Gasteiger partial charge in [0, 0.05) is 13.1 Å². The molecule has 3 atom stereocenters. The van der Waals surface area contributed by atoms with Crippen LogP contribution in [0.1, 0.15) is 33.1 Å². The summed E-state index contributed by atoms with van der Waals surface area (Å²) in [4.78, 5) is 23.4. The van der Waals surface area contributed by atoms with Crippen molar-refractivity contribution < 1.29 is 23.1 Å². The van der Waals surface area contributed by atoms with Crippen molar-refractivity contribution in [2.45, 2.75) is 39.2 Å². The summed E-state index contributed by atoms with van der Waals surface area (Å²) in [5.74, 6) is -2.11. The number of carbonyl (C=O) groups excluding carboxylic acids is 1. The zero-order valence-corrected chi connectivity index (χ0v) is 13.5. The van der Waals surface area contributed by atoms with E-state index in [1.54, 1.807) is 6.92 Å². The number of carboxylic acids is 1. The molecule has 2 N–H and O–H groups in total. The molecule has 1 fully saturated rings. The molecule has 0 aromatic rings. The van der Waals surface area contributed by atoms with Crippen LogP contribution in [0.5, 0.6) is 0 Å². The van der Waals surface area contributed by atoms with E-state index < -0.39 is 28.0 Å². The molecule has 1 heterocycles. The molecular formula is C13H24N2O5S. The fourth-order valence-corrected chi connectivity index (χ4v) is 3.32. The largest absolute Gasteiger partial charge is 0.480 e. The smallest absolute Gasteiger partial charge is 0.326 e. The van der Waals surface area contributed by atoms with Gasteiger partial charge in [-0.15, -0.1) is 0 Å². The van der Waals surface area contributed by atoms with Crippen LogP contribution in [0.15, 0.2) is 0 Å². The zero-order chi connectivity index (χ0) is 16.2. The summed E-state index contributed by atoms with van der Waals surface area (Å²) in [6.45, 7) is 4.16. The quantitative estimate of drug-likeness (QED) is 0.731. The predicted molar refractivity (Wildman–Crippen MR) is 78.2 cm³/mol. The van der Waals surface area contributed by atoms with E-state index in [-0.39, 0.29) is 18.4 Å². The lowest BCUT2D eigenvalue weighted by molar-refractivity contribution is -0.144. The Kier molecular flexibility index (Phi) is 6.15. The van der Waals surface area contributed by atoms with Crippen LogP contribution >= 0.6 is 0 Å². The summed E-state index contributed by atoms with van der Waals surface area (Å²) in [6.07, 6.45) is 2.93. The Morgan fingerprint density at radius 3 is 2.52 bits per heavy atom. The van der Waals surface area contributed by atoms with E-state index in [1.807, 2.05) is 6.92 Å². The third-order valence-corrected chi connectivity index (χ3v) is 5.27. The van der Waals surface area contributed by atoms with Gasteiger partial charge in [0.2, 0.25) is 15.9 Å². The summed E-state index contributed by atoms with van der Waals surface area (Å²) in [5, 5.41) is 11.7. The topological polar surface area (TPSA) is 104 Å². The van der Waals surface area contributed by atoms with E-state index in [9.17, 15) is 23.1 Å². The van der Waals surface area contributed by atoms with Crippen molar-refractivity contribution >= 4 is 21.9 Å². The first-order valence-electron chi connectivity index (χ1n) is 7.15. The van der Waals surface area contributed by atoms with Gasteiger partial charge in [0.1, 0.15) is 6.04 Å². The van der Waals surface area contributed by atoms with E-state index in [0.717, 1.165) is 6.26 Å². The Hall–Kier alpha value is -1.15. The molecule has 122 valence electrons. The third kappa shape index (κ3) is 4.96. The lowest BCUT2D eigenvalue weighted by Gasteiger charge is -2.31. The van der Waals surface area contributed by atoms with Gasteiger partial charge in [0.25, 0.3) is 0 Å². The number of carbonyl (C=O) groups is 2. The van der Waals surface area contributed by atoms with E-state index in [1.165, 1.54) is 4.31 Å². The van der Waals surface area contributed by atoms with Crippen LogP contribution in [0.2, 0.25) is 0 Å². The Balaban J connectivity index is 2.72. The summed E-state index contributed by atoms with van der Waals surface area (Å²) >= 11 is 0. The first kappa shape index (κ1) is 17.9. The maximum atomic E-state index is 12.2. The number of nitrogens with zero attached hydrogens (tertiary/aromatic N) is 1. The highest BCUT2D eigenvalue weighted by Crippen LogP contribution is 2.19. The summed E-state index contributed by atoms with van der Waals surface area (Å²) in [7, 11) is -3.32. The maximum Gasteiger partial charge on any atom is 0.326 e. The van der Waals surface area contributed by atoms with Crippen molar-refractivity contribution in [1.82, 2.24) is 9.62 Å². The minimum Gasteiger partial charge on any atom is -0.480 e. The molecule has 0 unspecified atom stereocenters. The number of rotatable bonds is 6. The number of hydrogen-bond acceptors (Lipinski definition) is 4. The molecule has 0 radical (unpaired) electrons. The van der Waals surface area contributed by atoms with Crippen LogP contribution in [-0.2, 0) is 19.6 Å². The number of nitrogens with one attached hydrogen (secondary N) is 1. The first-order valence-corrected chi connectivity index (χ1v) is 9.00. The number of hydrogen-bond donors (Lipinski definition) is 2. The first-order chi connectivity index (χ1) is 9.66. The molecule has 0 aromatic carbocycles. The highest BCUT2D eigenvalue weighted by atomic mass is 32.2. The van der Waals surface area contributed by atoms with Gasteiger partial charge in [0.05, 0.1) is 12.2 Å². The van der Waals surface area contributed by atoms with Crippen LogP contribution < -0.4 is 5.32 Å². The van der Waals surface area contributed by atoms with Crippen LogP contribution in [0.3, 0.4) is 0 Å². The van der Waals surface area contributed by atoms with Crippen molar-refractivity contribution in [2.75, 3.05) is 19.3 Å². The second kappa shape index (κ2) is 7.22. The molecule has 0 bridgehead atoms. The molecule has 7 nitrogen and oxygen atoms in total. The predicted octanol–water partition coefficient (Wildman–Crippen LogP) is 0.274. The molecule has 0 aromatic heterocycles. The van der Waals surface area contributed by atoms with Crippen LogP contribution in [0, 0.1) is 11.8 Å². The van der Waals surface area contributed by atoms with Gasteiger partial charge in [-0.2, -0.15) is 0 Å². The maximum absolute atomic E-state index is 12.2. The summed E-state index contributed by atoms with van der Waals surface area (Å²) in [6, 6.07) is -0.934. The molecule has 8 heteroatoms. The molecule has 1 saturated heterocycles. The van der Waals surface area contributed by atoms with Gasteiger partial charge in [-0.05, 0) is 18.8 Å². The number of sulfonamides is 1. The fraction of sp³-hybridized carbons (Fsp3) is 0.846. The number of carboxylic acid groups (broad SMARTS) is 1. The van der Waals surface area contributed by atoms with Gasteiger partial charge in [-0.1, -0.05) is 20.3 Å². The number of amides is 1. The average molecular weight is 320 g/mol. The van der Waals surface area contributed by atoms with Crippen LogP contribution in [0.25, 0.3) is 0 Å². The lowest BCUT2D eigenvalue weighted by Crippen LogP contribution is -2.51. The molecule has 0 spiro atoms. The summed E-state index contributed by atoms with van der Waals surface area (Å²) in [5.41, 5.74) is 0. The van der Waals surface area contributed by atoms with E-state index in [0.29, 0.717) is 25.8 Å². The van der Waals surface area contributed by atoms with Gasteiger partial charge in [-0.3, -0.25) is 4.79 Å². The highest BCUT2D eigenvalue weighted by molar-refractivity contribution is 7.88. The van der Waals surface area contributed by atoms with Crippen molar-refractivity contribution in [3.05, 3.63) is 0 Å². The minimum absolute atomic E-state index is 0.123. The Morgan fingerprint density at radius 2 is 2.05 bits per heavy atom. The minimum atomic E-state index is -3.32. The van der Waals surface area contributed by atoms with Crippen molar-refractivity contribution in [3.63, 3.8) is 0 Å². The number of aliphatic carboxylic acids is 1. The molecule has 1 aliphatic heterocycles. The lowest BCUT2D eigenvalue weighted by atomic mass is 9.95. The van der Waals surface area contributed by atoms with Gasteiger partial charge < -0.3 is 10.4 Å². The molecule has 1 aliphatic rings. The van der Waals surface area contributed by atoms with Crippen LogP contribution in [0.4, 0.5) is 0 Å². The molecular weight excluding hydrogens is 296 g/mol. The molecule has 21 heavy (non-hydrogen) atoms. The third-order valence-electron chi connectivity index (χ3n) is 4.00. The zero-order valence-electron chi connectivity index (χ0n) is 12.7. The SMILES string of the molecule is CC[C@H](C)[C@H](NC(=O)[C@@H]1CCCN(S(C)(=O)=O)C1)C(=O)O. The van der Waals surface area contributed by atoms with E-state index in [4.69, 9.17) is 0 Å². The van der Waals surface area contributed by atoms with Crippen molar-refractivity contribution in [3.8, 4) is 0 Å². The van der Waals surface area contributed by atoms with Gasteiger partial charge >= 0.3 is 5.97 Å². The fourth-order valence-electron chi connectivity index (χ4n) is 2.41. The molecule has 0 saturated carbocycles. The number of piperidine rings is 1. The van der Waals surface area contributed by atoms with E-state index >= 15 is 0 Å². The van der Waals surface area contributed by atoms with Gasteiger partial charge in [0.15, 0.2) is 0 Å². The Bertz CT molecular complexity index is 491. The highest BCUT2D eigenvalue weighted by Gasteiger charge is 2.33. The molecule has 1 rings (SSSR count). The molecule has 0 aliphatic carbocycles. The van der Waals surface area contributed by atoms with Crippen molar-refractivity contribution in [2.24, 2.45) is 11.8 Å². The molecule has 1 amide bonds. The standard InChI is InChI=1S/C13H24N2O5S/c1-4-9(2)11(13(17)18)14-12(16)10-6-5-7-15(8-10)21(3,19)20/h9-11H,4-8H2,1-3H3,(H,14,16)(H,17,18)/t9-,10+,11-/m0/s1.